The van der Waals surface area contributed by atoms with Gasteiger partial charge in [-0.3, -0.25) is 0 Å². The SMILES string of the molecule is CCCc1c(OCCCOc2ccc(-c3cocn3)cc2CC)cccc1Oc1ccccc1C(=O)O. The van der Waals surface area contributed by atoms with E-state index in [1.54, 1.807) is 24.5 Å². The predicted octanol–water partition coefficient (Wildman–Crippen LogP) is 7.19. The third-order valence-electron chi connectivity index (χ3n) is 5.90. The number of aromatic nitrogens is 1. The molecule has 0 amide bonds. The van der Waals surface area contributed by atoms with Gasteiger partial charge in [0.15, 0.2) is 6.39 Å². The number of carboxylic acid groups (broad SMARTS) is 1. The number of benzene rings is 3. The summed E-state index contributed by atoms with van der Waals surface area (Å²) in [5.74, 6) is 1.47. The van der Waals surface area contributed by atoms with Crippen LogP contribution in [0.2, 0.25) is 0 Å². The first-order valence-corrected chi connectivity index (χ1v) is 12.5. The average Bonchev–Trinajstić information content (AvgIpc) is 3.45. The van der Waals surface area contributed by atoms with E-state index < -0.39 is 5.97 Å². The Kier molecular flexibility index (Phi) is 8.81. The number of rotatable bonds is 13. The number of hydrogen-bond donors (Lipinski definition) is 1. The Morgan fingerprint density at radius 1 is 0.919 bits per heavy atom. The number of carboxylic acids is 1. The van der Waals surface area contributed by atoms with Gasteiger partial charge in [0.25, 0.3) is 0 Å². The number of aryl methyl sites for hydroxylation is 1. The fourth-order valence-corrected chi connectivity index (χ4v) is 4.06. The van der Waals surface area contributed by atoms with Crippen LogP contribution in [0.4, 0.5) is 0 Å². The van der Waals surface area contributed by atoms with E-state index in [1.165, 1.54) is 12.5 Å². The van der Waals surface area contributed by atoms with E-state index in [4.69, 9.17) is 18.6 Å². The van der Waals surface area contributed by atoms with Gasteiger partial charge in [0.1, 0.15) is 40.5 Å². The Morgan fingerprint density at radius 2 is 1.68 bits per heavy atom. The van der Waals surface area contributed by atoms with Gasteiger partial charge in [0, 0.05) is 17.5 Å². The van der Waals surface area contributed by atoms with Crippen molar-refractivity contribution in [2.75, 3.05) is 13.2 Å². The van der Waals surface area contributed by atoms with Crippen LogP contribution in [-0.4, -0.2) is 29.3 Å². The molecule has 4 aromatic rings. The highest BCUT2D eigenvalue weighted by Gasteiger charge is 2.16. The van der Waals surface area contributed by atoms with Crippen LogP contribution in [0.25, 0.3) is 11.3 Å². The Morgan fingerprint density at radius 3 is 2.41 bits per heavy atom. The van der Waals surface area contributed by atoms with Crippen LogP contribution < -0.4 is 14.2 Å². The second-order valence-electron chi connectivity index (χ2n) is 8.49. The maximum atomic E-state index is 11.6. The minimum Gasteiger partial charge on any atom is -0.493 e. The lowest BCUT2D eigenvalue weighted by Gasteiger charge is -2.17. The molecule has 0 radical (unpaired) electrons. The standard InChI is InChI=1S/C30H31NO6/c1-3-9-23-27(12-7-13-28(23)37-29-11-6-5-10-24(29)30(32)33)36-17-8-16-35-26-15-14-22(18-21(26)4-2)25-19-34-20-31-25/h5-7,10-15,18-20H,3-4,8-9,16-17H2,1-2H3,(H,32,33). The molecular weight excluding hydrogens is 470 g/mol. The molecule has 0 aliphatic heterocycles. The fourth-order valence-electron chi connectivity index (χ4n) is 4.06. The van der Waals surface area contributed by atoms with Crippen molar-refractivity contribution < 1.29 is 28.5 Å². The quantitative estimate of drug-likeness (QED) is 0.194. The summed E-state index contributed by atoms with van der Waals surface area (Å²) in [6.45, 7) is 5.17. The molecule has 0 aliphatic carbocycles. The predicted molar refractivity (Wildman–Crippen MR) is 141 cm³/mol. The van der Waals surface area contributed by atoms with Crippen molar-refractivity contribution in [2.24, 2.45) is 0 Å². The van der Waals surface area contributed by atoms with Gasteiger partial charge in [-0.15, -0.1) is 0 Å². The zero-order chi connectivity index (χ0) is 26.0. The van der Waals surface area contributed by atoms with E-state index in [1.807, 2.05) is 30.3 Å². The molecule has 37 heavy (non-hydrogen) atoms. The Labute approximate surface area is 216 Å². The highest BCUT2D eigenvalue weighted by atomic mass is 16.5. The molecule has 0 saturated heterocycles. The van der Waals surface area contributed by atoms with Crippen LogP contribution in [0, 0.1) is 0 Å². The van der Waals surface area contributed by atoms with Gasteiger partial charge < -0.3 is 23.7 Å². The lowest BCUT2D eigenvalue weighted by atomic mass is 10.1. The van der Waals surface area contributed by atoms with Crippen LogP contribution in [-0.2, 0) is 12.8 Å². The van der Waals surface area contributed by atoms with Crippen molar-refractivity contribution in [3.63, 3.8) is 0 Å². The van der Waals surface area contributed by atoms with Crippen molar-refractivity contribution in [1.82, 2.24) is 4.98 Å². The lowest BCUT2D eigenvalue weighted by molar-refractivity contribution is 0.0694. The molecule has 7 nitrogen and oxygen atoms in total. The summed E-state index contributed by atoms with van der Waals surface area (Å²) in [4.78, 5) is 15.8. The van der Waals surface area contributed by atoms with Crippen molar-refractivity contribution >= 4 is 5.97 Å². The van der Waals surface area contributed by atoms with Crippen molar-refractivity contribution in [2.45, 2.75) is 39.5 Å². The molecule has 1 heterocycles. The topological polar surface area (TPSA) is 91.0 Å². The molecule has 0 spiro atoms. The Hall–Kier alpha value is -4.26. The molecule has 192 valence electrons. The average molecular weight is 502 g/mol. The van der Waals surface area contributed by atoms with Gasteiger partial charge in [0.05, 0.1) is 13.2 Å². The number of oxazole rings is 1. The maximum Gasteiger partial charge on any atom is 0.339 e. The first kappa shape index (κ1) is 25.8. The molecule has 4 rings (SSSR count). The molecule has 0 bridgehead atoms. The number of para-hydroxylation sites is 1. The lowest BCUT2D eigenvalue weighted by Crippen LogP contribution is -2.08. The molecule has 0 saturated carbocycles. The van der Waals surface area contributed by atoms with Gasteiger partial charge in [0.2, 0.25) is 0 Å². The van der Waals surface area contributed by atoms with Crippen molar-refractivity contribution in [1.29, 1.82) is 0 Å². The van der Waals surface area contributed by atoms with Gasteiger partial charge in [-0.25, -0.2) is 9.78 Å². The van der Waals surface area contributed by atoms with E-state index in [9.17, 15) is 9.90 Å². The molecular formula is C30H31NO6. The first-order chi connectivity index (χ1) is 18.1. The van der Waals surface area contributed by atoms with E-state index in [0.717, 1.165) is 53.1 Å². The van der Waals surface area contributed by atoms with E-state index in [2.05, 4.69) is 24.9 Å². The summed E-state index contributed by atoms with van der Waals surface area (Å²) in [5.41, 5.74) is 3.95. The van der Waals surface area contributed by atoms with Crippen LogP contribution in [0.5, 0.6) is 23.0 Å². The molecule has 0 atom stereocenters. The summed E-state index contributed by atoms with van der Waals surface area (Å²) in [5, 5.41) is 9.49. The maximum absolute atomic E-state index is 11.6. The summed E-state index contributed by atoms with van der Waals surface area (Å²) >= 11 is 0. The van der Waals surface area contributed by atoms with Gasteiger partial charge in [-0.2, -0.15) is 0 Å². The second-order valence-corrected chi connectivity index (χ2v) is 8.49. The molecule has 1 aromatic heterocycles. The van der Waals surface area contributed by atoms with Crippen LogP contribution >= 0.6 is 0 Å². The number of nitrogens with zero attached hydrogens (tertiary/aromatic N) is 1. The highest BCUT2D eigenvalue weighted by molar-refractivity contribution is 5.91. The number of ether oxygens (including phenoxy) is 3. The van der Waals surface area contributed by atoms with Crippen LogP contribution in [0.15, 0.2) is 77.7 Å². The molecule has 0 aliphatic rings. The van der Waals surface area contributed by atoms with E-state index >= 15 is 0 Å². The summed E-state index contributed by atoms with van der Waals surface area (Å²) in [6.07, 6.45) is 6.24. The largest absolute Gasteiger partial charge is 0.493 e. The monoisotopic (exact) mass is 501 g/mol. The molecule has 0 unspecified atom stereocenters. The zero-order valence-electron chi connectivity index (χ0n) is 21.1. The third-order valence-corrected chi connectivity index (χ3v) is 5.90. The first-order valence-electron chi connectivity index (χ1n) is 12.5. The van der Waals surface area contributed by atoms with Crippen molar-refractivity contribution in [3.8, 4) is 34.3 Å². The van der Waals surface area contributed by atoms with Crippen LogP contribution in [0.1, 0.15) is 48.2 Å². The van der Waals surface area contributed by atoms with E-state index in [0.29, 0.717) is 31.1 Å². The van der Waals surface area contributed by atoms with Crippen molar-refractivity contribution in [3.05, 3.63) is 90.0 Å². The third kappa shape index (κ3) is 6.50. The minimum atomic E-state index is -1.03. The normalized spacial score (nSPS) is 10.8. The Bertz CT molecular complexity index is 1320. The molecule has 1 N–H and O–H groups in total. The highest BCUT2D eigenvalue weighted by Crippen LogP contribution is 2.34. The smallest absolute Gasteiger partial charge is 0.339 e. The molecule has 3 aromatic carbocycles. The summed E-state index contributed by atoms with van der Waals surface area (Å²) in [6, 6.07) is 18.3. The van der Waals surface area contributed by atoms with Crippen LogP contribution in [0.3, 0.4) is 0 Å². The zero-order valence-corrected chi connectivity index (χ0v) is 21.1. The Balaban J connectivity index is 1.37. The minimum absolute atomic E-state index is 0.119. The fraction of sp³-hybridized carbons (Fsp3) is 0.267. The number of hydrogen-bond acceptors (Lipinski definition) is 6. The van der Waals surface area contributed by atoms with E-state index in [-0.39, 0.29) is 5.56 Å². The summed E-state index contributed by atoms with van der Waals surface area (Å²) in [7, 11) is 0. The van der Waals surface area contributed by atoms with Gasteiger partial charge >= 0.3 is 5.97 Å². The number of carbonyl (C=O) groups is 1. The van der Waals surface area contributed by atoms with Gasteiger partial charge in [-0.05, 0) is 60.9 Å². The second kappa shape index (κ2) is 12.6. The molecule has 0 fully saturated rings. The number of aromatic carboxylic acids is 1. The summed E-state index contributed by atoms with van der Waals surface area (Å²) < 4.78 is 23.3. The van der Waals surface area contributed by atoms with Gasteiger partial charge in [-0.1, -0.05) is 38.5 Å². The molecule has 7 heteroatoms.